The summed E-state index contributed by atoms with van der Waals surface area (Å²) in [6.07, 6.45) is 3.23. The van der Waals surface area contributed by atoms with E-state index in [1.165, 1.54) is 4.68 Å². The zero-order valence-electron chi connectivity index (χ0n) is 11.7. The Labute approximate surface area is 126 Å². The number of hydrogen-bond donors (Lipinski definition) is 2. The van der Waals surface area contributed by atoms with Crippen LogP contribution in [0.4, 0.5) is 11.5 Å². The van der Waals surface area contributed by atoms with Crippen LogP contribution in [0.3, 0.4) is 0 Å². The molecule has 0 saturated heterocycles. The highest BCUT2D eigenvalue weighted by Crippen LogP contribution is 2.19. The number of nitrogens with zero attached hydrogens (tertiary/aromatic N) is 4. The van der Waals surface area contributed by atoms with Gasteiger partial charge in [-0.05, 0) is 24.3 Å². The van der Waals surface area contributed by atoms with Gasteiger partial charge in [-0.2, -0.15) is 0 Å². The lowest BCUT2D eigenvalue weighted by molar-refractivity contribution is -0.116. The summed E-state index contributed by atoms with van der Waals surface area (Å²) in [6.45, 7) is 0.0519. The number of hydrogen-bond acceptors (Lipinski definition) is 5. The van der Waals surface area contributed by atoms with Gasteiger partial charge in [0, 0.05) is 17.4 Å². The van der Waals surface area contributed by atoms with E-state index in [0.29, 0.717) is 11.5 Å². The average molecular weight is 294 g/mol. The number of nitrogen functional groups attached to an aromatic ring is 1. The molecule has 7 heteroatoms. The summed E-state index contributed by atoms with van der Waals surface area (Å²) >= 11 is 0. The van der Waals surface area contributed by atoms with Gasteiger partial charge in [-0.1, -0.05) is 23.4 Å². The predicted molar refractivity (Wildman–Crippen MR) is 82.7 cm³/mol. The minimum atomic E-state index is -0.221. The Morgan fingerprint density at radius 3 is 2.73 bits per heavy atom. The molecule has 0 atom stereocenters. The predicted octanol–water partition coefficient (Wildman–Crippen LogP) is 1.56. The highest BCUT2D eigenvalue weighted by molar-refractivity contribution is 5.89. The molecule has 2 aromatic heterocycles. The van der Waals surface area contributed by atoms with Crippen LogP contribution in [0.2, 0.25) is 0 Å². The Hall–Kier alpha value is -3.22. The van der Waals surface area contributed by atoms with E-state index in [4.69, 9.17) is 5.73 Å². The molecule has 0 aliphatic carbocycles. The van der Waals surface area contributed by atoms with Gasteiger partial charge in [0.05, 0.1) is 11.9 Å². The number of nitrogens with two attached hydrogens (primary N) is 1. The van der Waals surface area contributed by atoms with Gasteiger partial charge in [-0.15, -0.1) is 5.10 Å². The highest BCUT2D eigenvalue weighted by atomic mass is 16.2. The van der Waals surface area contributed by atoms with E-state index in [1.807, 2.05) is 12.1 Å². The molecule has 7 nitrogen and oxygen atoms in total. The van der Waals surface area contributed by atoms with Crippen molar-refractivity contribution in [2.24, 2.45) is 0 Å². The molecular formula is C15H14N6O. The topological polar surface area (TPSA) is 98.7 Å². The quantitative estimate of drug-likeness (QED) is 0.711. The number of rotatable bonds is 4. The van der Waals surface area contributed by atoms with Crippen LogP contribution in [0.5, 0.6) is 0 Å². The monoisotopic (exact) mass is 294 g/mol. The van der Waals surface area contributed by atoms with Crippen molar-refractivity contribution in [3.63, 3.8) is 0 Å². The van der Waals surface area contributed by atoms with Crippen LogP contribution < -0.4 is 11.1 Å². The van der Waals surface area contributed by atoms with Crippen molar-refractivity contribution in [2.45, 2.75) is 6.54 Å². The van der Waals surface area contributed by atoms with Crippen LogP contribution in [0, 0.1) is 0 Å². The number of amides is 1. The number of benzene rings is 1. The molecule has 0 saturated carbocycles. The molecule has 110 valence electrons. The Bertz CT molecular complexity index is 766. The molecule has 0 fully saturated rings. The highest BCUT2D eigenvalue weighted by Gasteiger charge is 2.11. The Morgan fingerprint density at radius 1 is 1.18 bits per heavy atom. The summed E-state index contributed by atoms with van der Waals surface area (Å²) in [4.78, 5) is 16.1. The molecule has 3 N–H and O–H groups in total. The fourth-order valence-corrected chi connectivity index (χ4v) is 2.01. The van der Waals surface area contributed by atoms with E-state index in [0.717, 1.165) is 11.3 Å². The summed E-state index contributed by atoms with van der Waals surface area (Å²) < 4.78 is 1.53. The number of aromatic nitrogens is 4. The standard InChI is InChI=1S/C15H14N6O/c16-12-6-4-11(5-7-12)13-9-18-20-21(13)10-15(22)19-14-3-1-2-8-17-14/h1-9H,10,16H2,(H,17,19,22). The zero-order valence-corrected chi connectivity index (χ0v) is 11.7. The number of carbonyl (C=O) groups excluding carboxylic acids is 1. The Kier molecular flexibility index (Phi) is 3.78. The second kappa shape index (κ2) is 6.04. The fraction of sp³-hybridized carbons (Fsp3) is 0.0667. The van der Waals surface area contributed by atoms with Crippen molar-refractivity contribution in [1.29, 1.82) is 0 Å². The van der Waals surface area contributed by atoms with E-state index >= 15 is 0 Å². The first-order chi connectivity index (χ1) is 10.7. The average Bonchev–Trinajstić information content (AvgIpc) is 2.97. The molecule has 22 heavy (non-hydrogen) atoms. The van der Waals surface area contributed by atoms with Crippen LogP contribution in [-0.2, 0) is 11.3 Å². The number of carbonyl (C=O) groups is 1. The molecule has 0 bridgehead atoms. The molecule has 1 aromatic carbocycles. The summed E-state index contributed by atoms with van der Waals surface area (Å²) in [5, 5.41) is 10.5. The van der Waals surface area contributed by atoms with E-state index in [1.54, 1.807) is 42.7 Å². The van der Waals surface area contributed by atoms with Crippen molar-refractivity contribution in [3.8, 4) is 11.3 Å². The van der Waals surface area contributed by atoms with Crippen molar-refractivity contribution >= 4 is 17.4 Å². The second-order valence-electron chi connectivity index (χ2n) is 4.66. The SMILES string of the molecule is Nc1ccc(-c2cnnn2CC(=O)Nc2ccccn2)cc1. The van der Waals surface area contributed by atoms with Crippen LogP contribution in [0.1, 0.15) is 0 Å². The second-order valence-corrected chi connectivity index (χ2v) is 4.66. The van der Waals surface area contributed by atoms with Gasteiger partial charge in [0.2, 0.25) is 5.91 Å². The lowest BCUT2D eigenvalue weighted by Crippen LogP contribution is -2.20. The fourth-order valence-electron chi connectivity index (χ4n) is 2.01. The smallest absolute Gasteiger partial charge is 0.247 e. The molecule has 2 heterocycles. The summed E-state index contributed by atoms with van der Waals surface area (Å²) in [7, 11) is 0. The number of pyridine rings is 1. The van der Waals surface area contributed by atoms with Crippen molar-refractivity contribution < 1.29 is 4.79 Å². The Balaban J connectivity index is 1.75. The van der Waals surface area contributed by atoms with Crippen LogP contribution >= 0.6 is 0 Å². The minimum Gasteiger partial charge on any atom is -0.399 e. The molecule has 3 rings (SSSR count). The first-order valence-corrected chi connectivity index (χ1v) is 6.67. The van der Waals surface area contributed by atoms with Crippen LogP contribution in [0.25, 0.3) is 11.3 Å². The van der Waals surface area contributed by atoms with Gasteiger partial charge in [0.1, 0.15) is 12.4 Å². The van der Waals surface area contributed by atoms with Gasteiger partial charge in [-0.25, -0.2) is 9.67 Å². The van der Waals surface area contributed by atoms with E-state index in [-0.39, 0.29) is 12.5 Å². The van der Waals surface area contributed by atoms with Crippen LogP contribution in [-0.4, -0.2) is 25.9 Å². The molecule has 0 aliphatic rings. The maximum atomic E-state index is 12.1. The Morgan fingerprint density at radius 2 is 2.00 bits per heavy atom. The lowest BCUT2D eigenvalue weighted by atomic mass is 10.1. The molecule has 1 amide bonds. The molecule has 0 aliphatic heterocycles. The summed E-state index contributed by atoms with van der Waals surface area (Å²) in [5.41, 5.74) is 7.99. The molecule has 3 aromatic rings. The lowest BCUT2D eigenvalue weighted by Gasteiger charge is -2.07. The minimum absolute atomic E-state index is 0.0519. The van der Waals surface area contributed by atoms with Crippen molar-refractivity contribution in [1.82, 2.24) is 20.0 Å². The molecular weight excluding hydrogens is 280 g/mol. The zero-order chi connectivity index (χ0) is 15.4. The van der Waals surface area contributed by atoms with Crippen molar-refractivity contribution in [2.75, 3.05) is 11.1 Å². The van der Waals surface area contributed by atoms with E-state index < -0.39 is 0 Å². The van der Waals surface area contributed by atoms with Gasteiger partial charge in [-0.3, -0.25) is 4.79 Å². The third-order valence-corrected chi connectivity index (χ3v) is 3.05. The third-order valence-electron chi connectivity index (χ3n) is 3.05. The van der Waals surface area contributed by atoms with E-state index in [9.17, 15) is 4.79 Å². The molecule has 0 unspecified atom stereocenters. The maximum absolute atomic E-state index is 12.1. The maximum Gasteiger partial charge on any atom is 0.247 e. The van der Waals surface area contributed by atoms with Gasteiger partial charge >= 0.3 is 0 Å². The number of nitrogens with one attached hydrogen (secondary N) is 1. The summed E-state index contributed by atoms with van der Waals surface area (Å²) in [5.74, 6) is 0.280. The van der Waals surface area contributed by atoms with Gasteiger partial charge in [0.25, 0.3) is 0 Å². The normalized spacial score (nSPS) is 10.4. The van der Waals surface area contributed by atoms with Gasteiger partial charge in [0.15, 0.2) is 0 Å². The first kappa shape index (κ1) is 13.7. The third kappa shape index (κ3) is 3.09. The van der Waals surface area contributed by atoms with Crippen molar-refractivity contribution in [3.05, 3.63) is 54.9 Å². The number of anilines is 2. The van der Waals surface area contributed by atoms with E-state index in [2.05, 4.69) is 20.6 Å². The van der Waals surface area contributed by atoms with Gasteiger partial charge < -0.3 is 11.1 Å². The largest absolute Gasteiger partial charge is 0.399 e. The first-order valence-electron chi connectivity index (χ1n) is 6.67. The van der Waals surface area contributed by atoms with Crippen LogP contribution in [0.15, 0.2) is 54.9 Å². The summed E-state index contributed by atoms with van der Waals surface area (Å²) in [6, 6.07) is 12.6. The molecule has 0 radical (unpaired) electrons. The molecule has 0 spiro atoms.